The Kier molecular flexibility index (Phi) is 4.38. The van der Waals surface area contributed by atoms with Gasteiger partial charge in [0.25, 0.3) is 0 Å². The summed E-state index contributed by atoms with van der Waals surface area (Å²) < 4.78 is 0. The van der Waals surface area contributed by atoms with E-state index < -0.39 is 5.97 Å². The van der Waals surface area contributed by atoms with Crippen molar-refractivity contribution in [2.45, 2.75) is 6.42 Å². The van der Waals surface area contributed by atoms with E-state index in [4.69, 9.17) is 45.6 Å². The smallest absolute Gasteiger partial charge is 0.309 e. The third-order valence-corrected chi connectivity index (χ3v) is 3.43. The summed E-state index contributed by atoms with van der Waals surface area (Å²) in [5.41, 5.74) is 7.52. The molecule has 0 saturated heterocycles. The number of aromatic nitrogens is 1. The molecule has 0 bridgehead atoms. The van der Waals surface area contributed by atoms with Crippen LogP contribution in [0.15, 0.2) is 24.4 Å². The molecular formula is C13H9Cl3N2O2. The first-order valence-corrected chi connectivity index (χ1v) is 6.63. The number of halogens is 3. The number of aliphatic carboxylic acids is 1. The van der Waals surface area contributed by atoms with Crippen molar-refractivity contribution in [2.24, 2.45) is 0 Å². The van der Waals surface area contributed by atoms with Gasteiger partial charge in [-0.2, -0.15) is 0 Å². The van der Waals surface area contributed by atoms with Crippen LogP contribution in [0.5, 0.6) is 0 Å². The van der Waals surface area contributed by atoms with Crippen LogP contribution in [0.25, 0.3) is 11.1 Å². The van der Waals surface area contributed by atoms with Gasteiger partial charge in [0, 0.05) is 22.3 Å². The normalized spacial score (nSPS) is 10.6. The minimum absolute atomic E-state index is 0.242. The van der Waals surface area contributed by atoms with Crippen LogP contribution >= 0.6 is 34.8 Å². The van der Waals surface area contributed by atoms with Gasteiger partial charge in [0.2, 0.25) is 0 Å². The van der Waals surface area contributed by atoms with Crippen LogP contribution in [0.2, 0.25) is 15.1 Å². The summed E-state index contributed by atoms with van der Waals surface area (Å²) in [6.45, 7) is 0. The highest BCUT2D eigenvalue weighted by molar-refractivity contribution is 6.41. The van der Waals surface area contributed by atoms with Crippen LogP contribution in [0.3, 0.4) is 0 Å². The average molecular weight is 332 g/mol. The van der Waals surface area contributed by atoms with Crippen molar-refractivity contribution in [1.82, 2.24) is 4.98 Å². The molecule has 104 valence electrons. The molecule has 4 nitrogen and oxygen atoms in total. The van der Waals surface area contributed by atoms with Gasteiger partial charge in [0.15, 0.2) is 0 Å². The lowest BCUT2D eigenvalue weighted by molar-refractivity contribution is -0.136. The predicted molar refractivity (Wildman–Crippen MR) is 80.5 cm³/mol. The molecule has 1 heterocycles. The van der Waals surface area contributed by atoms with E-state index in [0.29, 0.717) is 31.9 Å². The molecule has 0 aliphatic rings. The number of nitrogens with zero attached hydrogens (tertiary/aromatic N) is 1. The molecule has 0 radical (unpaired) electrons. The number of nitrogen functional groups attached to an aromatic ring is 1. The highest BCUT2D eigenvalue weighted by atomic mass is 35.5. The number of nitrogens with two attached hydrogens (primary N) is 1. The average Bonchev–Trinajstić information content (AvgIpc) is 2.30. The van der Waals surface area contributed by atoms with E-state index in [1.807, 2.05) is 0 Å². The fraction of sp³-hybridized carbons (Fsp3) is 0.0769. The summed E-state index contributed by atoms with van der Waals surface area (Å²) in [4.78, 5) is 14.7. The zero-order valence-corrected chi connectivity index (χ0v) is 12.3. The Morgan fingerprint density at radius 2 is 1.80 bits per heavy atom. The Labute approximate surface area is 130 Å². The Morgan fingerprint density at radius 1 is 1.20 bits per heavy atom. The van der Waals surface area contributed by atoms with Crippen molar-refractivity contribution in [2.75, 3.05) is 5.73 Å². The highest BCUT2D eigenvalue weighted by Crippen LogP contribution is 2.37. The van der Waals surface area contributed by atoms with E-state index in [-0.39, 0.29) is 12.1 Å². The number of carboxylic acid groups (broad SMARTS) is 1. The maximum Gasteiger partial charge on any atom is 0.309 e. The van der Waals surface area contributed by atoms with Crippen molar-refractivity contribution in [3.63, 3.8) is 0 Å². The van der Waals surface area contributed by atoms with Gasteiger partial charge in [-0.15, -0.1) is 0 Å². The number of carboxylic acids is 1. The monoisotopic (exact) mass is 330 g/mol. The quantitative estimate of drug-likeness (QED) is 0.893. The lowest BCUT2D eigenvalue weighted by Gasteiger charge is -2.10. The number of anilines is 1. The van der Waals surface area contributed by atoms with Crippen molar-refractivity contribution < 1.29 is 9.90 Å². The third-order valence-electron chi connectivity index (χ3n) is 2.62. The molecule has 0 atom stereocenters. The van der Waals surface area contributed by atoms with E-state index >= 15 is 0 Å². The fourth-order valence-corrected chi connectivity index (χ4v) is 2.79. The number of carbonyl (C=O) groups is 1. The predicted octanol–water partition coefficient (Wildman–Crippen LogP) is 3.92. The molecule has 0 unspecified atom stereocenters. The van der Waals surface area contributed by atoms with E-state index in [2.05, 4.69) is 4.98 Å². The van der Waals surface area contributed by atoms with Crippen molar-refractivity contribution in [3.05, 3.63) is 45.2 Å². The van der Waals surface area contributed by atoms with Crippen molar-refractivity contribution in [3.8, 4) is 11.1 Å². The number of hydrogen-bond acceptors (Lipinski definition) is 3. The minimum Gasteiger partial charge on any atom is -0.481 e. The van der Waals surface area contributed by atoms with Crippen LogP contribution in [0.4, 0.5) is 5.69 Å². The molecule has 20 heavy (non-hydrogen) atoms. The Bertz CT molecular complexity index is 666. The molecule has 1 aromatic carbocycles. The first-order chi connectivity index (χ1) is 9.38. The summed E-state index contributed by atoms with van der Waals surface area (Å²) in [6, 6.07) is 4.71. The van der Waals surface area contributed by atoms with Gasteiger partial charge in [-0.05, 0) is 18.2 Å². The van der Waals surface area contributed by atoms with Crippen LogP contribution in [0, 0.1) is 0 Å². The maximum atomic E-state index is 10.7. The molecule has 0 amide bonds. The second-order valence-electron chi connectivity index (χ2n) is 4.07. The second-order valence-corrected chi connectivity index (χ2v) is 5.33. The zero-order valence-electron chi connectivity index (χ0n) is 10.0. The molecule has 3 N–H and O–H groups in total. The molecule has 0 fully saturated rings. The van der Waals surface area contributed by atoms with Gasteiger partial charge < -0.3 is 10.8 Å². The standard InChI is InChI=1S/C13H9Cl3N2O2/c14-7-2-8(15)13(9(16)3-7)6-1-10(17)11(18-5-6)4-12(19)20/h1-3,5H,4,17H2,(H,19,20). The van der Waals surface area contributed by atoms with Gasteiger partial charge in [-0.1, -0.05) is 34.8 Å². The van der Waals surface area contributed by atoms with E-state index in [0.717, 1.165) is 0 Å². The number of rotatable bonds is 3. The van der Waals surface area contributed by atoms with E-state index in [9.17, 15) is 4.79 Å². The topological polar surface area (TPSA) is 76.2 Å². The lowest BCUT2D eigenvalue weighted by Crippen LogP contribution is -2.06. The van der Waals surface area contributed by atoms with Crippen LogP contribution in [-0.4, -0.2) is 16.1 Å². The SMILES string of the molecule is Nc1cc(-c2c(Cl)cc(Cl)cc2Cl)cnc1CC(=O)O. The fourth-order valence-electron chi connectivity index (χ4n) is 1.76. The summed E-state index contributed by atoms with van der Waals surface area (Å²) in [7, 11) is 0. The molecule has 2 rings (SSSR count). The molecule has 2 aromatic rings. The first-order valence-electron chi connectivity index (χ1n) is 5.49. The molecule has 0 spiro atoms. The number of benzene rings is 1. The van der Waals surface area contributed by atoms with Crippen LogP contribution in [-0.2, 0) is 11.2 Å². The maximum absolute atomic E-state index is 10.7. The van der Waals surface area contributed by atoms with Gasteiger partial charge in [-0.25, -0.2) is 0 Å². The van der Waals surface area contributed by atoms with Crippen LogP contribution < -0.4 is 5.73 Å². The summed E-state index contributed by atoms with van der Waals surface area (Å²) >= 11 is 18.1. The molecule has 7 heteroatoms. The first kappa shape index (κ1) is 14.9. The van der Waals surface area contributed by atoms with E-state index in [1.165, 1.54) is 6.20 Å². The lowest BCUT2D eigenvalue weighted by atomic mass is 10.1. The second kappa shape index (κ2) is 5.87. The molecular weight excluding hydrogens is 323 g/mol. The third kappa shape index (κ3) is 3.15. The zero-order chi connectivity index (χ0) is 14.9. The van der Waals surface area contributed by atoms with Crippen molar-refractivity contribution in [1.29, 1.82) is 0 Å². The van der Waals surface area contributed by atoms with E-state index in [1.54, 1.807) is 18.2 Å². The molecule has 1 aromatic heterocycles. The van der Waals surface area contributed by atoms with Gasteiger partial charge in [-0.3, -0.25) is 9.78 Å². The summed E-state index contributed by atoms with van der Waals surface area (Å²) in [6.07, 6.45) is 1.24. The number of pyridine rings is 1. The summed E-state index contributed by atoms with van der Waals surface area (Å²) in [5, 5.41) is 9.91. The molecule has 0 aliphatic heterocycles. The van der Waals surface area contributed by atoms with Crippen LogP contribution in [0.1, 0.15) is 5.69 Å². The Balaban J connectivity index is 2.50. The highest BCUT2D eigenvalue weighted by Gasteiger charge is 2.13. The number of hydrogen-bond donors (Lipinski definition) is 2. The van der Waals surface area contributed by atoms with Gasteiger partial charge in [0.1, 0.15) is 0 Å². The summed E-state index contributed by atoms with van der Waals surface area (Å²) in [5.74, 6) is -1.00. The molecule has 0 saturated carbocycles. The minimum atomic E-state index is -1.00. The Hall–Kier alpha value is -1.49. The molecule has 0 aliphatic carbocycles. The van der Waals surface area contributed by atoms with Gasteiger partial charge in [0.05, 0.1) is 27.8 Å². The van der Waals surface area contributed by atoms with Gasteiger partial charge >= 0.3 is 5.97 Å². The van der Waals surface area contributed by atoms with Crippen molar-refractivity contribution >= 4 is 46.5 Å². The largest absolute Gasteiger partial charge is 0.481 e. The Morgan fingerprint density at radius 3 is 2.30 bits per heavy atom.